The summed E-state index contributed by atoms with van der Waals surface area (Å²) in [6.07, 6.45) is 3.45. The minimum atomic E-state index is -0.261. The molecule has 2 heterocycles. The smallest absolute Gasteiger partial charge is 0.125 e. The molecule has 0 aliphatic rings. The average molecular weight is 332 g/mol. The first-order chi connectivity index (χ1) is 9.65. The van der Waals surface area contributed by atoms with Crippen molar-refractivity contribution in [3.63, 3.8) is 0 Å². The van der Waals surface area contributed by atoms with Gasteiger partial charge in [-0.2, -0.15) is 0 Å². The van der Waals surface area contributed by atoms with Crippen LogP contribution in [0.25, 0.3) is 11.0 Å². The molecule has 5 heteroatoms. The third-order valence-electron chi connectivity index (χ3n) is 3.08. The van der Waals surface area contributed by atoms with Gasteiger partial charge >= 0.3 is 0 Å². The largest absolute Gasteiger partial charge is 0.343 e. The van der Waals surface area contributed by atoms with Crippen molar-refractivity contribution in [2.45, 2.75) is 0 Å². The third-order valence-corrected chi connectivity index (χ3v) is 3.51. The molecule has 0 aliphatic carbocycles. The molecule has 2 aromatic heterocycles. The second-order valence-corrected chi connectivity index (χ2v) is 5.31. The zero-order valence-corrected chi connectivity index (χ0v) is 12.3. The van der Waals surface area contributed by atoms with Gasteiger partial charge in [0.05, 0.1) is 11.2 Å². The van der Waals surface area contributed by atoms with E-state index in [1.165, 1.54) is 12.1 Å². The standard InChI is InChI=1S/C15H11BrFN3/c1-20(12-4-2-3-11(17)8-12)14-5-6-18-13-7-10(16)9-19-15(13)14/h2-9H,1H3. The van der Waals surface area contributed by atoms with E-state index in [1.807, 2.05) is 30.1 Å². The fourth-order valence-electron chi connectivity index (χ4n) is 2.09. The van der Waals surface area contributed by atoms with Crippen LogP contribution in [-0.2, 0) is 0 Å². The van der Waals surface area contributed by atoms with Crippen LogP contribution < -0.4 is 4.90 Å². The van der Waals surface area contributed by atoms with Gasteiger partial charge in [-0.3, -0.25) is 9.97 Å². The van der Waals surface area contributed by atoms with Gasteiger partial charge in [-0.15, -0.1) is 0 Å². The molecule has 20 heavy (non-hydrogen) atoms. The summed E-state index contributed by atoms with van der Waals surface area (Å²) in [4.78, 5) is 10.6. The summed E-state index contributed by atoms with van der Waals surface area (Å²) in [5.41, 5.74) is 3.22. The highest BCUT2D eigenvalue weighted by Crippen LogP contribution is 2.29. The van der Waals surface area contributed by atoms with Crippen LogP contribution >= 0.6 is 15.9 Å². The van der Waals surface area contributed by atoms with E-state index in [-0.39, 0.29) is 5.82 Å². The fraction of sp³-hybridized carbons (Fsp3) is 0.0667. The van der Waals surface area contributed by atoms with Crippen molar-refractivity contribution in [3.05, 3.63) is 59.1 Å². The Hall–Kier alpha value is -2.01. The Morgan fingerprint density at radius 2 is 2.00 bits per heavy atom. The van der Waals surface area contributed by atoms with E-state index in [9.17, 15) is 4.39 Å². The molecule has 0 saturated heterocycles. The van der Waals surface area contributed by atoms with E-state index in [4.69, 9.17) is 0 Å². The zero-order valence-electron chi connectivity index (χ0n) is 10.7. The van der Waals surface area contributed by atoms with Gasteiger partial charge in [0.2, 0.25) is 0 Å². The molecule has 3 rings (SSSR count). The summed E-state index contributed by atoms with van der Waals surface area (Å²) in [6.45, 7) is 0. The van der Waals surface area contributed by atoms with Crippen molar-refractivity contribution >= 4 is 38.3 Å². The van der Waals surface area contributed by atoms with Crippen LogP contribution in [0.4, 0.5) is 15.8 Å². The third kappa shape index (κ3) is 2.36. The molecular weight excluding hydrogens is 321 g/mol. The normalized spacial score (nSPS) is 10.8. The number of aromatic nitrogens is 2. The van der Waals surface area contributed by atoms with Gasteiger partial charge < -0.3 is 4.90 Å². The van der Waals surface area contributed by atoms with Crippen molar-refractivity contribution in [2.75, 3.05) is 11.9 Å². The summed E-state index contributed by atoms with van der Waals surface area (Å²) < 4.78 is 14.2. The number of pyridine rings is 2. The lowest BCUT2D eigenvalue weighted by molar-refractivity contribution is 0.628. The van der Waals surface area contributed by atoms with Gasteiger partial charge in [0.1, 0.15) is 11.3 Å². The van der Waals surface area contributed by atoms with E-state index in [0.717, 1.165) is 26.9 Å². The Bertz CT molecular complexity index is 776. The Labute approximate surface area is 124 Å². The summed E-state index contributed by atoms with van der Waals surface area (Å²) >= 11 is 3.38. The van der Waals surface area contributed by atoms with E-state index in [2.05, 4.69) is 25.9 Å². The molecule has 100 valence electrons. The molecule has 0 atom stereocenters. The maximum absolute atomic E-state index is 13.3. The minimum absolute atomic E-state index is 0.261. The molecule has 1 aromatic carbocycles. The number of hydrogen-bond donors (Lipinski definition) is 0. The fourth-order valence-corrected chi connectivity index (χ4v) is 2.41. The van der Waals surface area contributed by atoms with Crippen LogP contribution in [0, 0.1) is 5.82 Å². The molecule has 0 unspecified atom stereocenters. The molecule has 0 spiro atoms. The van der Waals surface area contributed by atoms with Gasteiger partial charge in [-0.25, -0.2) is 4.39 Å². The molecule has 3 aromatic rings. The van der Waals surface area contributed by atoms with Crippen LogP contribution in [0.1, 0.15) is 0 Å². The zero-order chi connectivity index (χ0) is 14.1. The average Bonchev–Trinajstić information content (AvgIpc) is 2.45. The lowest BCUT2D eigenvalue weighted by Gasteiger charge is -2.20. The van der Waals surface area contributed by atoms with Crippen molar-refractivity contribution in [2.24, 2.45) is 0 Å². The number of hydrogen-bond acceptors (Lipinski definition) is 3. The highest BCUT2D eigenvalue weighted by atomic mass is 79.9. The predicted octanol–water partition coefficient (Wildman–Crippen LogP) is 4.30. The highest BCUT2D eigenvalue weighted by molar-refractivity contribution is 9.10. The second-order valence-electron chi connectivity index (χ2n) is 4.39. The van der Waals surface area contributed by atoms with Gasteiger partial charge in [0.15, 0.2) is 0 Å². The molecule has 0 saturated carbocycles. The number of anilines is 2. The van der Waals surface area contributed by atoms with Crippen LogP contribution in [-0.4, -0.2) is 17.0 Å². The Kier molecular flexibility index (Phi) is 3.36. The van der Waals surface area contributed by atoms with Crippen LogP contribution in [0.3, 0.4) is 0 Å². The van der Waals surface area contributed by atoms with Crippen LogP contribution in [0.5, 0.6) is 0 Å². The molecule has 3 nitrogen and oxygen atoms in total. The molecule has 0 amide bonds. The Balaban J connectivity index is 2.14. The lowest BCUT2D eigenvalue weighted by Crippen LogP contribution is -2.10. The molecule has 0 fully saturated rings. The van der Waals surface area contributed by atoms with Crippen LogP contribution in [0.15, 0.2) is 53.3 Å². The quantitative estimate of drug-likeness (QED) is 0.701. The van der Waals surface area contributed by atoms with Gasteiger partial charge in [0, 0.05) is 29.6 Å². The minimum Gasteiger partial charge on any atom is -0.343 e. The van der Waals surface area contributed by atoms with E-state index >= 15 is 0 Å². The highest BCUT2D eigenvalue weighted by Gasteiger charge is 2.10. The summed E-state index contributed by atoms with van der Waals surface area (Å²) in [7, 11) is 1.88. The van der Waals surface area contributed by atoms with Crippen molar-refractivity contribution in [1.82, 2.24) is 9.97 Å². The van der Waals surface area contributed by atoms with Crippen molar-refractivity contribution in [3.8, 4) is 0 Å². The number of nitrogens with zero attached hydrogens (tertiary/aromatic N) is 3. The maximum Gasteiger partial charge on any atom is 0.125 e. The number of benzene rings is 1. The monoisotopic (exact) mass is 331 g/mol. The molecule has 0 radical (unpaired) electrons. The summed E-state index contributed by atoms with van der Waals surface area (Å²) in [5.74, 6) is -0.261. The van der Waals surface area contributed by atoms with Crippen molar-refractivity contribution in [1.29, 1.82) is 0 Å². The van der Waals surface area contributed by atoms with Gasteiger partial charge in [0.25, 0.3) is 0 Å². The number of halogens is 2. The molecule has 0 N–H and O–H groups in total. The number of rotatable bonds is 2. The van der Waals surface area contributed by atoms with E-state index in [1.54, 1.807) is 18.5 Å². The topological polar surface area (TPSA) is 29.0 Å². The summed E-state index contributed by atoms with van der Waals surface area (Å²) in [5, 5.41) is 0. The predicted molar refractivity (Wildman–Crippen MR) is 81.7 cm³/mol. The first kappa shape index (κ1) is 13.0. The molecule has 0 bridgehead atoms. The Morgan fingerprint density at radius 3 is 2.80 bits per heavy atom. The Morgan fingerprint density at radius 1 is 1.15 bits per heavy atom. The van der Waals surface area contributed by atoms with Gasteiger partial charge in [-0.1, -0.05) is 6.07 Å². The molecular formula is C15H11BrFN3. The first-order valence-electron chi connectivity index (χ1n) is 6.05. The first-order valence-corrected chi connectivity index (χ1v) is 6.84. The maximum atomic E-state index is 13.3. The number of fused-ring (bicyclic) bond motifs is 1. The van der Waals surface area contributed by atoms with Crippen molar-refractivity contribution < 1.29 is 4.39 Å². The van der Waals surface area contributed by atoms with E-state index < -0.39 is 0 Å². The second kappa shape index (κ2) is 5.17. The van der Waals surface area contributed by atoms with E-state index in [0.29, 0.717) is 0 Å². The molecule has 0 aliphatic heterocycles. The SMILES string of the molecule is CN(c1cccc(F)c1)c1ccnc2cc(Br)cnc12. The lowest BCUT2D eigenvalue weighted by atomic mass is 10.2. The summed E-state index contributed by atoms with van der Waals surface area (Å²) in [6, 6.07) is 10.2. The van der Waals surface area contributed by atoms with Gasteiger partial charge in [-0.05, 0) is 46.3 Å². The van der Waals surface area contributed by atoms with Crippen LogP contribution in [0.2, 0.25) is 0 Å².